The Labute approximate surface area is 99.6 Å². The van der Waals surface area contributed by atoms with Crippen LogP contribution in [0.1, 0.15) is 0 Å². The van der Waals surface area contributed by atoms with Gasteiger partial charge in [0.15, 0.2) is 5.03 Å². The van der Waals surface area contributed by atoms with Crippen LogP contribution < -0.4 is 4.72 Å². The molecular formula is C8H14ClN3O3S. The minimum Gasteiger partial charge on any atom is -0.383 e. The van der Waals surface area contributed by atoms with E-state index in [0.717, 1.165) is 0 Å². The van der Waals surface area contributed by atoms with Gasteiger partial charge in [0.05, 0.1) is 18.2 Å². The van der Waals surface area contributed by atoms with Crippen LogP contribution in [0.3, 0.4) is 0 Å². The summed E-state index contributed by atoms with van der Waals surface area (Å²) in [5, 5.41) is 3.50. The fourth-order valence-corrected chi connectivity index (χ4v) is 2.64. The zero-order valence-corrected chi connectivity index (χ0v) is 10.6. The number of ether oxygens (including phenoxy) is 1. The van der Waals surface area contributed by atoms with Crippen molar-refractivity contribution in [2.45, 2.75) is 10.4 Å². The van der Waals surface area contributed by atoms with E-state index in [1.165, 1.54) is 24.1 Å². The molecule has 0 aliphatic carbocycles. The standard InChI is InChI=1S/C8H14ClN3O3S/c1-12-8(3-4-10-12)16(13,14)11-5-7(9)6-15-2/h3-4,7,11H,5-6H2,1-2H3. The van der Waals surface area contributed by atoms with E-state index >= 15 is 0 Å². The summed E-state index contributed by atoms with van der Waals surface area (Å²) >= 11 is 5.81. The normalized spacial score (nSPS) is 13.9. The molecule has 0 aliphatic rings. The van der Waals surface area contributed by atoms with Crippen LogP contribution in [0.25, 0.3) is 0 Å². The molecule has 0 aromatic carbocycles. The molecule has 92 valence electrons. The third-order valence-electron chi connectivity index (χ3n) is 1.89. The molecule has 8 heteroatoms. The number of methoxy groups -OCH3 is 1. The number of aromatic nitrogens is 2. The maximum atomic E-state index is 11.8. The van der Waals surface area contributed by atoms with Gasteiger partial charge in [-0.1, -0.05) is 0 Å². The highest BCUT2D eigenvalue weighted by atomic mass is 35.5. The second-order valence-corrected chi connectivity index (χ2v) is 5.53. The van der Waals surface area contributed by atoms with Crippen LogP contribution in [-0.4, -0.2) is 43.8 Å². The van der Waals surface area contributed by atoms with Crippen LogP contribution in [0.15, 0.2) is 17.3 Å². The molecule has 0 amide bonds. The lowest BCUT2D eigenvalue weighted by Gasteiger charge is -2.10. The third-order valence-corrected chi connectivity index (χ3v) is 3.67. The lowest BCUT2D eigenvalue weighted by molar-refractivity contribution is 0.198. The molecule has 1 aromatic heterocycles. The van der Waals surface area contributed by atoms with Gasteiger partial charge in [0.25, 0.3) is 10.0 Å². The molecule has 0 saturated carbocycles. The number of halogens is 1. The number of hydrogen-bond acceptors (Lipinski definition) is 4. The summed E-state index contributed by atoms with van der Waals surface area (Å²) in [4.78, 5) is 0. The Balaban J connectivity index is 2.63. The van der Waals surface area contributed by atoms with Gasteiger partial charge in [-0.15, -0.1) is 11.6 Å². The van der Waals surface area contributed by atoms with Gasteiger partial charge in [0.2, 0.25) is 0 Å². The maximum absolute atomic E-state index is 11.8. The largest absolute Gasteiger partial charge is 0.383 e. The Bertz CT molecular complexity index is 431. The third kappa shape index (κ3) is 3.44. The van der Waals surface area contributed by atoms with E-state index in [2.05, 4.69) is 9.82 Å². The van der Waals surface area contributed by atoms with Gasteiger partial charge in [-0.2, -0.15) is 5.10 Å². The topological polar surface area (TPSA) is 73.2 Å². The van der Waals surface area contributed by atoms with E-state index in [4.69, 9.17) is 16.3 Å². The number of aryl methyl sites for hydroxylation is 1. The Morgan fingerprint density at radius 2 is 2.38 bits per heavy atom. The van der Waals surface area contributed by atoms with Crippen LogP contribution >= 0.6 is 11.6 Å². The van der Waals surface area contributed by atoms with Crippen molar-refractivity contribution in [3.8, 4) is 0 Å². The van der Waals surface area contributed by atoms with Crippen molar-refractivity contribution in [2.75, 3.05) is 20.3 Å². The lowest BCUT2D eigenvalue weighted by Crippen LogP contribution is -2.32. The van der Waals surface area contributed by atoms with Crippen LogP contribution in [0, 0.1) is 0 Å². The lowest BCUT2D eigenvalue weighted by atomic mass is 10.5. The molecule has 1 aromatic rings. The summed E-state index contributed by atoms with van der Waals surface area (Å²) in [5.41, 5.74) is 0. The summed E-state index contributed by atoms with van der Waals surface area (Å²) in [7, 11) is -0.488. The first kappa shape index (κ1) is 13.4. The number of nitrogens with zero attached hydrogens (tertiary/aromatic N) is 2. The number of sulfonamides is 1. The minimum absolute atomic E-state index is 0.105. The average Bonchev–Trinajstić information content (AvgIpc) is 2.63. The van der Waals surface area contributed by atoms with Crippen molar-refractivity contribution in [3.05, 3.63) is 12.3 Å². The van der Waals surface area contributed by atoms with Crippen molar-refractivity contribution in [1.29, 1.82) is 0 Å². The summed E-state index contributed by atoms with van der Waals surface area (Å²) in [6.07, 6.45) is 1.42. The molecule has 0 spiro atoms. The highest BCUT2D eigenvalue weighted by Gasteiger charge is 2.18. The monoisotopic (exact) mass is 267 g/mol. The molecule has 0 bridgehead atoms. The second kappa shape index (κ2) is 5.62. The second-order valence-electron chi connectivity index (χ2n) is 3.20. The highest BCUT2D eigenvalue weighted by molar-refractivity contribution is 7.89. The van der Waals surface area contributed by atoms with Crippen molar-refractivity contribution >= 4 is 21.6 Å². The summed E-state index contributed by atoms with van der Waals surface area (Å²) in [5.74, 6) is 0. The number of alkyl halides is 1. The summed E-state index contributed by atoms with van der Waals surface area (Å²) in [6.45, 7) is 0.401. The van der Waals surface area contributed by atoms with E-state index in [-0.39, 0.29) is 18.2 Å². The molecule has 1 N–H and O–H groups in total. The van der Waals surface area contributed by atoms with Crippen LogP contribution in [-0.2, 0) is 21.8 Å². The highest BCUT2D eigenvalue weighted by Crippen LogP contribution is 2.06. The zero-order chi connectivity index (χ0) is 12.2. The van der Waals surface area contributed by atoms with Crippen molar-refractivity contribution in [3.63, 3.8) is 0 Å². The van der Waals surface area contributed by atoms with Gasteiger partial charge >= 0.3 is 0 Å². The van der Waals surface area contributed by atoms with Gasteiger partial charge in [-0.05, 0) is 6.07 Å². The first-order valence-electron chi connectivity index (χ1n) is 4.58. The average molecular weight is 268 g/mol. The fraction of sp³-hybridized carbons (Fsp3) is 0.625. The van der Waals surface area contributed by atoms with Crippen LogP contribution in [0.2, 0.25) is 0 Å². The smallest absolute Gasteiger partial charge is 0.257 e. The SMILES string of the molecule is COCC(Cl)CNS(=O)(=O)c1ccnn1C. The molecule has 1 heterocycles. The Morgan fingerprint density at radius 3 is 2.88 bits per heavy atom. The van der Waals surface area contributed by atoms with Gasteiger partial charge in [0, 0.05) is 20.7 Å². The fourth-order valence-electron chi connectivity index (χ4n) is 1.14. The van der Waals surface area contributed by atoms with E-state index in [1.807, 2.05) is 0 Å². The first-order chi connectivity index (χ1) is 7.47. The van der Waals surface area contributed by atoms with Gasteiger partial charge in [-0.3, -0.25) is 4.68 Å². The first-order valence-corrected chi connectivity index (χ1v) is 6.50. The molecule has 0 radical (unpaired) electrons. The zero-order valence-electron chi connectivity index (χ0n) is 9.05. The van der Waals surface area contributed by atoms with Gasteiger partial charge in [-0.25, -0.2) is 13.1 Å². The van der Waals surface area contributed by atoms with Crippen molar-refractivity contribution in [2.24, 2.45) is 7.05 Å². The molecule has 16 heavy (non-hydrogen) atoms. The molecule has 0 aliphatic heterocycles. The predicted octanol–water partition coefficient (Wildman–Crippen LogP) is -0.0478. The van der Waals surface area contributed by atoms with Gasteiger partial charge in [0.1, 0.15) is 0 Å². The van der Waals surface area contributed by atoms with E-state index in [0.29, 0.717) is 0 Å². The summed E-state index contributed by atoms with van der Waals surface area (Å²) in [6, 6.07) is 1.42. The Hall–Kier alpha value is -0.630. The molecular weight excluding hydrogens is 254 g/mol. The quantitative estimate of drug-likeness (QED) is 0.734. The van der Waals surface area contributed by atoms with Gasteiger partial charge < -0.3 is 4.74 Å². The van der Waals surface area contributed by atoms with Crippen LogP contribution in [0.5, 0.6) is 0 Å². The summed E-state index contributed by atoms with van der Waals surface area (Å²) < 4.78 is 32.0. The molecule has 0 fully saturated rings. The maximum Gasteiger partial charge on any atom is 0.257 e. The Kier molecular flexibility index (Phi) is 4.72. The number of hydrogen-bond donors (Lipinski definition) is 1. The number of rotatable bonds is 6. The molecule has 1 unspecified atom stereocenters. The van der Waals surface area contributed by atoms with E-state index < -0.39 is 15.4 Å². The number of nitrogens with one attached hydrogen (secondary N) is 1. The van der Waals surface area contributed by atoms with Crippen molar-refractivity contribution < 1.29 is 13.2 Å². The van der Waals surface area contributed by atoms with Crippen LogP contribution in [0.4, 0.5) is 0 Å². The Morgan fingerprint density at radius 1 is 1.69 bits per heavy atom. The molecule has 6 nitrogen and oxygen atoms in total. The molecule has 0 saturated heterocycles. The predicted molar refractivity (Wildman–Crippen MR) is 59.9 cm³/mol. The molecule has 1 rings (SSSR count). The molecule has 1 atom stereocenters. The van der Waals surface area contributed by atoms with Crippen molar-refractivity contribution in [1.82, 2.24) is 14.5 Å². The van der Waals surface area contributed by atoms with E-state index in [9.17, 15) is 8.42 Å². The van der Waals surface area contributed by atoms with E-state index in [1.54, 1.807) is 7.05 Å². The minimum atomic E-state index is -3.55.